The number of aliphatic hydroxyl groups excluding tert-OH is 1. The monoisotopic (exact) mass is 391 g/mol. The van der Waals surface area contributed by atoms with Crippen molar-refractivity contribution in [3.05, 3.63) is 32.7 Å². The molecule has 19 heavy (non-hydrogen) atoms. The second kappa shape index (κ2) is 7.41. The summed E-state index contributed by atoms with van der Waals surface area (Å²) in [5.74, 6) is -0.123. The quantitative estimate of drug-likeness (QED) is 0.774. The fraction of sp³-hybridized carbons (Fsp3) is 0.500. The van der Waals surface area contributed by atoms with Crippen molar-refractivity contribution in [2.75, 3.05) is 13.2 Å². The van der Waals surface area contributed by atoms with E-state index in [1.165, 1.54) is 0 Å². The molecule has 5 heteroatoms. The number of aliphatic hydroxyl groups is 1. The fourth-order valence-electron chi connectivity index (χ4n) is 1.83. The Kier molecular flexibility index (Phi) is 6.50. The molecule has 0 radical (unpaired) electrons. The van der Waals surface area contributed by atoms with E-state index in [-0.39, 0.29) is 17.9 Å². The van der Waals surface area contributed by atoms with Crippen LogP contribution in [0.2, 0.25) is 0 Å². The molecular weight excluding hydrogens is 374 g/mol. The van der Waals surface area contributed by atoms with Crippen LogP contribution in [-0.4, -0.2) is 24.2 Å². The van der Waals surface area contributed by atoms with Crippen molar-refractivity contribution in [2.24, 2.45) is 5.41 Å². The molecule has 0 aromatic heterocycles. The maximum Gasteiger partial charge on any atom is 0.251 e. The number of benzene rings is 1. The van der Waals surface area contributed by atoms with Crippen LogP contribution in [0.3, 0.4) is 0 Å². The lowest BCUT2D eigenvalue weighted by Gasteiger charge is -2.29. The molecule has 0 spiro atoms. The van der Waals surface area contributed by atoms with Crippen LogP contribution in [0.1, 0.15) is 37.0 Å². The highest BCUT2D eigenvalue weighted by Gasteiger charge is 2.26. The normalized spacial score (nSPS) is 11.4. The smallest absolute Gasteiger partial charge is 0.251 e. The van der Waals surface area contributed by atoms with Crippen LogP contribution in [0, 0.1) is 5.41 Å². The molecule has 0 bridgehead atoms. The summed E-state index contributed by atoms with van der Waals surface area (Å²) in [6, 6.07) is 5.43. The van der Waals surface area contributed by atoms with Crippen molar-refractivity contribution in [1.29, 1.82) is 0 Å². The summed E-state index contributed by atoms with van der Waals surface area (Å²) in [4.78, 5) is 12.1. The Labute approximate surface area is 131 Å². The zero-order chi connectivity index (χ0) is 14.5. The molecule has 0 aliphatic rings. The van der Waals surface area contributed by atoms with Crippen LogP contribution < -0.4 is 5.32 Å². The molecule has 2 N–H and O–H groups in total. The van der Waals surface area contributed by atoms with Gasteiger partial charge in [0.2, 0.25) is 0 Å². The molecule has 0 saturated carbocycles. The molecule has 0 aliphatic carbocycles. The van der Waals surface area contributed by atoms with Gasteiger partial charge in [0.1, 0.15) is 0 Å². The van der Waals surface area contributed by atoms with Crippen LogP contribution in [0.15, 0.2) is 27.1 Å². The molecule has 1 amide bonds. The van der Waals surface area contributed by atoms with E-state index in [0.717, 1.165) is 21.8 Å². The summed E-state index contributed by atoms with van der Waals surface area (Å²) in [5, 5.41) is 12.4. The lowest BCUT2D eigenvalue weighted by atomic mass is 9.83. The molecule has 106 valence electrons. The van der Waals surface area contributed by atoms with Gasteiger partial charge in [-0.2, -0.15) is 0 Å². The zero-order valence-corrected chi connectivity index (χ0v) is 14.3. The zero-order valence-electron chi connectivity index (χ0n) is 11.2. The number of carbonyl (C=O) groups excluding carboxylic acids is 1. The molecule has 3 nitrogen and oxygen atoms in total. The minimum absolute atomic E-state index is 0.0858. The van der Waals surface area contributed by atoms with Crippen LogP contribution in [-0.2, 0) is 0 Å². The number of amides is 1. The molecule has 1 aromatic carbocycles. The highest BCUT2D eigenvalue weighted by atomic mass is 79.9. The van der Waals surface area contributed by atoms with E-state index >= 15 is 0 Å². The first-order chi connectivity index (χ1) is 8.96. The van der Waals surface area contributed by atoms with Gasteiger partial charge in [0.15, 0.2) is 0 Å². The molecule has 0 aliphatic heterocycles. The van der Waals surface area contributed by atoms with Gasteiger partial charge in [0.25, 0.3) is 5.91 Å². The number of carbonyl (C=O) groups is 1. The van der Waals surface area contributed by atoms with Gasteiger partial charge in [-0.25, -0.2) is 0 Å². The minimum Gasteiger partial charge on any atom is -0.396 e. The average Bonchev–Trinajstić information content (AvgIpc) is 2.39. The third kappa shape index (κ3) is 4.58. The number of hydrogen-bond acceptors (Lipinski definition) is 2. The summed E-state index contributed by atoms with van der Waals surface area (Å²) in [5.41, 5.74) is 0.374. The fourth-order valence-corrected chi connectivity index (χ4v) is 3.13. The van der Waals surface area contributed by atoms with Crippen molar-refractivity contribution in [2.45, 2.75) is 26.7 Å². The van der Waals surface area contributed by atoms with Crippen molar-refractivity contribution in [3.63, 3.8) is 0 Å². The SMILES string of the molecule is CCC(CC)(CO)CNC(=O)c1cc(Br)cc(Br)c1. The van der Waals surface area contributed by atoms with Crippen molar-refractivity contribution in [3.8, 4) is 0 Å². The van der Waals surface area contributed by atoms with Gasteiger partial charge in [-0.1, -0.05) is 45.7 Å². The Morgan fingerprint density at radius 3 is 2.16 bits per heavy atom. The topological polar surface area (TPSA) is 49.3 Å². The van der Waals surface area contributed by atoms with E-state index < -0.39 is 0 Å². The first-order valence-electron chi connectivity index (χ1n) is 6.31. The van der Waals surface area contributed by atoms with Gasteiger partial charge in [0.05, 0.1) is 6.61 Å². The summed E-state index contributed by atoms with van der Waals surface area (Å²) in [6.07, 6.45) is 1.67. The predicted octanol–water partition coefficient (Wildman–Crippen LogP) is 3.74. The number of hydrogen-bond donors (Lipinski definition) is 2. The van der Waals surface area contributed by atoms with Crippen LogP contribution in [0.5, 0.6) is 0 Å². The molecule has 1 rings (SSSR count). The van der Waals surface area contributed by atoms with Gasteiger partial charge in [0, 0.05) is 26.5 Å². The Bertz CT molecular complexity index is 417. The number of nitrogens with one attached hydrogen (secondary N) is 1. The van der Waals surface area contributed by atoms with Gasteiger partial charge >= 0.3 is 0 Å². The second-order valence-electron chi connectivity index (χ2n) is 4.71. The summed E-state index contributed by atoms with van der Waals surface area (Å²) >= 11 is 6.73. The molecule has 0 saturated heterocycles. The molecular formula is C14H19Br2NO2. The van der Waals surface area contributed by atoms with Gasteiger partial charge in [-0.05, 0) is 31.0 Å². The van der Waals surface area contributed by atoms with E-state index in [1.54, 1.807) is 12.1 Å². The molecule has 0 atom stereocenters. The number of halogens is 2. The highest BCUT2D eigenvalue weighted by Crippen LogP contribution is 2.25. The largest absolute Gasteiger partial charge is 0.396 e. The third-order valence-electron chi connectivity index (χ3n) is 3.58. The van der Waals surface area contributed by atoms with Crippen LogP contribution in [0.25, 0.3) is 0 Å². The third-order valence-corrected chi connectivity index (χ3v) is 4.50. The lowest BCUT2D eigenvalue weighted by molar-refractivity contribution is 0.0851. The Balaban J connectivity index is 2.74. The van der Waals surface area contributed by atoms with Crippen LogP contribution in [0.4, 0.5) is 0 Å². The van der Waals surface area contributed by atoms with Gasteiger partial charge < -0.3 is 10.4 Å². The van der Waals surface area contributed by atoms with E-state index in [9.17, 15) is 9.90 Å². The Morgan fingerprint density at radius 2 is 1.74 bits per heavy atom. The van der Waals surface area contributed by atoms with Gasteiger partial charge in [-0.15, -0.1) is 0 Å². The lowest BCUT2D eigenvalue weighted by Crippen LogP contribution is -2.39. The maximum atomic E-state index is 12.1. The Morgan fingerprint density at radius 1 is 1.21 bits per heavy atom. The minimum atomic E-state index is -0.223. The predicted molar refractivity (Wildman–Crippen MR) is 84.3 cm³/mol. The highest BCUT2D eigenvalue weighted by molar-refractivity contribution is 9.11. The van der Waals surface area contributed by atoms with E-state index in [4.69, 9.17) is 0 Å². The van der Waals surface area contributed by atoms with E-state index in [1.807, 2.05) is 19.9 Å². The molecule has 1 aromatic rings. The van der Waals surface area contributed by atoms with Gasteiger partial charge in [-0.3, -0.25) is 4.79 Å². The van der Waals surface area contributed by atoms with E-state index in [2.05, 4.69) is 37.2 Å². The first-order valence-corrected chi connectivity index (χ1v) is 7.90. The molecule has 0 fully saturated rings. The molecule has 0 heterocycles. The Hall–Kier alpha value is -0.390. The number of rotatable bonds is 6. The standard InChI is InChI=1S/C14H19Br2NO2/c1-3-14(4-2,9-18)8-17-13(19)10-5-11(15)7-12(16)6-10/h5-7,18H,3-4,8-9H2,1-2H3,(H,17,19). The summed E-state index contributed by atoms with van der Waals surface area (Å²) < 4.78 is 1.71. The van der Waals surface area contributed by atoms with Crippen molar-refractivity contribution in [1.82, 2.24) is 5.32 Å². The van der Waals surface area contributed by atoms with Crippen molar-refractivity contribution >= 4 is 37.8 Å². The summed E-state index contributed by atoms with van der Waals surface area (Å²) in [7, 11) is 0. The van der Waals surface area contributed by atoms with Crippen molar-refractivity contribution < 1.29 is 9.90 Å². The van der Waals surface area contributed by atoms with E-state index in [0.29, 0.717) is 12.1 Å². The maximum absolute atomic E-state index is 12.1. The summed E-state index contributed by atoms with van der Waals surface area (Å²) in [6.45, 7) is 4.63. The van der Waals surface area contributed by atoms with Crippen LogP contribution >= 0.6 is 31.9 Å². The second-order valence-corrected chi connectivity index (χ2v) is 6.54. The first kappa shape index (κ1) is 16.7. The molecule has 0 unspecified atom stereocenters. The average molecular weight is 393 g/mol.